The first-order chi connectivity index (χ1) is 13.6. The molecule has 0 saturated carbocycles. The van der Waals surface area contributed by atoms with Crippen molar-refractivity contribution in [1.29, 1.82) is 0 Å². The van der Waals surface area contributed by atoms with E-state index in [1.54, 1.807) is 28.4 Å². The topological polar surface area (TPSA) is 61.0 Å². The Morgan fingerprint density at radius 3 is 1.50 bits per heavy atom. The van der Waals surface area contributed by atoms with Crippen molar-refractivity contribution in [3.63, 3.8) is 0 Å². The van der Waals surface area contributed by atoms with Crippen LogP contribution in [0.5, 0.6) is 23.0 Å². The summed E-state index contributed by atoms with van der Waals surface area (Å²) in [7, 11) is 6.63. The van der Waals surface area contributed by atoms with Gasteiger partial charge in [0.1, 0.15) is 23.0 Å². The Kier molecular flexibility index (Phi) is 8.68. The Morgan fingerprint density at radius 2 is 1.14 bits per heavy atom. The number of hydrogen-bond donors (Lipinski definition) is 2. The molecule has 0 fully saturated rings. The number of hydrogen-bond acceptors (Lipinski definition) is 5. The minimum atomic E-state index is 0.615. The maximum atomic E-state index is 5.40. The van der Waals surface area contributed by atoms with Crippen molar-refractivity contribution in [2.24, 2.45) is 0 Å². The molecule has 0 unspecified atom stereocenters. The Bertz CT molecular complexity index is 719. The van der Waals surface area contributed by atoms with Gasteiger partial charge in [-0.25, -0.2) is 0 Å². The molecule has 28 heavy (non-hydrogen) atoms. The maximum Gasteiger partial charge on any atom is 0.166 e. The normalized spacial score (nSPS) is 10.1. The van der Waals surface area contributed by atoms with Crippen LogP contribution < -0.4 is 29.6 Å². The van der Waals surface area contributed by atoms with E-state index in [0.717, 1.165) is 47.0 Å². The third-order valence-corrected chi connectivity index (χ3v) is 4.62. The van der Waals surface area contributed by atoms with E-state index < -0.39 is 0 Å². The largest absolute Gasteiger partial charge is 0.497 e. The maximum absolute atomic E-state index is 5.40. The van der Waals surface area contributed by atoms with Crippen molar-refractivity contribution in [3.8, 4) is 23.0 Å². The average molecular weight is 405 g/mol. The van der Waals surface area contributed by atoms with E-state index in [4.69, 9.17) is 31.2 Å². The van der Waals surface area contributed by atoms with Crippen LogP contribution in [0.3, 0.4) is 0 Å². The average Bonchev–Trinajstić information content (AvgIpc) is 2.73. The molecule has 2 N–H and O–H groups in total. The first-order valence-electron chi connectivity index (χ1n) is 9.04. The van der Waals surface area contributed by atoms with Crippen LogP contribution in [0.2, 0.25) is 0 Å². The van der Waals surface area contributed by atoms with Gasteiger partial charge < -0.3 is 29.6 Å². The van der Waals surface area contributed by atoms with Crippen LogP contribution in [-0.2, 0) is 12.8 Å². The number of methoxy groups -OCH3 is 4. The fourth-order valence-electron chi connectivity index (χ4n) is 2.84. The summed E-state index contributed by atoms with van der Waals surface area (Å²) in [5.74, 6) is 3.30. The Balaban J connectivity index is 1.79. The van der Waals surface area contributed by atoms with Crippen LogP contribution in [0, 0.1) is 0 Å². The standard InChI is InChI=1S/C21H28N2O4S/c1-24-17-5-7-19(26-3)15(13-17)9-11-22-21(28)23-12-10-16-14-18(25-2)6-8-20(16)27-4/h5-8,13-14H,9-12H2,1-4H3,(H2,22,23,28). The van der Waals surface area contributed by atoms with E-state index in [0.29, 0.717) is 18.2 Å². The summed E-state index contributed by atoms with van der Waals surface area (Å²) in [6.45, 7) is 1.38. The predicted molar refractivity (Wildman–Crippen MR) is 115 cm³/mol. The summed E-state index contributed by atoms with van der Waals surface area (Å²) in [6.07, 6.45) is 1.54. The monoisotopic (exact) mass is 404 g/mol. The first-order valence-corrected chi connectivity index (χ1v) is 9.45. The van der Waals surface area contributed by atoms with Gasteiger partial charge in [-0.1, -0.05) is 0 Å². The molecule has 0 aliphatic carbocycles. The lowest BCUT2D eigenvalue weighted by atomic mass is 10.1. The smallest absolute Gasteiger partial charge is 0.166 e. The van der Waals surface area contributed by atoms with Gasteiger partial charge in [-0.3, -0.25) is 0 Å². The minimum absolute atomic E-state index is 0.615. The molecular weight excluding hydrogens is 376 g/mol. The Morgan fingerprint density at radius 1 is 0.714 bits per heavy atom. The zero-order valence-corrected chi connectivity index (χ0v) is 17.7. The van der Waals surface area contributed by atoms with Crippen molar-refractivity contribution in [2.45, 2.75) is 12.8 Å². The molecule has 0 spiro atoms. The molecule has 0 aliphatic heterocycles. The van der Waals surface area contributed by atoms with Crippen LogP contribution in [-0.4, -0.2) is 46.6 Å². The van der Waals surface area contributed by atoms with Crippen molar-refractivity contribution in [2.75, 3.05) is 41.5 Å². The summed E-state index contributed by atoms with van der Waals surface area (Å²) in [5, 5.41) is 7.07. The van der Waals surface area contributed by atoms with Crippen LogP contribution >= 0.6 is 12.2 Å². The van der Waals surface area contributed by atoms with Gasteiger partial charge in [-0.2, -0.15) is 0 Å². The molecule has 0 bridgehead atoms. The molecule has 0 amide bonds. The van der Waals surface area contributed by atoms with E-state index in [9.17, 15) is 0 Å². The molecule has 2 aromatic rings. The van der Waals surface area contributed by atoms with Crippen LogP contribution in [0.1, 0.15) is 11.1 Å². The highest BCUT2D eigenvalue weighted by Gasteiger charge is 2.07. The number of thiocarbonyl (C=S) groups is 1. The molecule has 0 aromatic heterocycles. The van der Waals surface area contributed by atoms with Gasteiger partial charge >= 0.3 is 0 Å². The molecule has 2 aromatic carbocycles. The molecule has 6 nitrogen and oxygen atoms in total. The van der Waals surface area contributed by atoms with E-state index >= 15 is 0 Å². The lowest BCUT2D eigenvalue weighted by Crippen LogP contribution is -2.37. The Hall–Kier alpha value is -2.67. The molecule has 2 rings (SSSR count). The number of nitrogens with one attached hydrogen (secondary N) is 2. The number of benzene rings is 2. The summed E-state index contributed by atoms with van der Waals surface area (Å²) in [5.41, 5.74) is 2.14. The second-order valence-electron chi connectivity index (χ2n) is 6.04. The lowest BCUT2D eigenvalue weighted by molar-refractivity contribution is 0.398. The summed E-state index contributed by atoms with van der Waals surface area (Å²) < 4.78 is 21.4. The molecule has 0 aliphatic rings. The molecule has 0 radical (unpaired) electrons. The SMILES string of the molecule is COc1ccc(OC)c(CCNC(=S)NCCc2cc(OC)ccc2OC)c1. The highest BCUT2D eigenvalue weighted by Crippen LogP contribution is 2.25. The highest BCUT2D eigenvalue weighted by molar-refractivity contribution is 7.80. The molecule has 152 valence electrons. The van der Waals surface area contributed by atoms with Crippen LogP contribution in [0.25, 0.3) is 0 Å². The summed E-state index contributed by atoms with van der Waals surface area (Å²) in [4.78, 5) is 0. The molecule has 0 atom stereocenters. The minimum Gasteiger partial charge on any atom is -0.497 e. The van der Waals surface area contributed by atoms with Crippen molar-refractivity contribution < 1.29 is 18.9 Å². The third-order valence-electron chi connectivity index (χ3n) is 4.33. The van der Waals surface area contributed by atoms with E-state index in [-0.39, 0.29) is 0 Å². The highest BCUT2D eigenvalue weighted by atomic mass is 32.1. The van der Waals surface area contributed by atoms with Gasteiger partial charge in [-0.15, -0.1) is 0 Å². The Labute approximate surface area is 172 Å². The fourth-order valence-corrected chi connectivity index (χ4v) is 3.04. The van der Waals surface area contributed by atoms with Gasteiger partial charge in [0.15, 0.2) is 5.11 Å². The zero-order chi connectivity index (χ0) is 20.4. The number of ether oxygens (including phenoxy) is 4. The molecular formula is C21H28N2O4S. The van der Waals surface area contributed by atoms with Gasteiger partial charge in [0.2, 0.25) is 0 Å². The van der Waals surface area contributed by atoms with Crippen molar-refractivity contribution in [3.05, 3.63) is 47.5 Å². The van der Waals surface area contributed by atoms with Gasteiger partial charge in [0, 0.05) is 13.1 Å². The second kappa shape index (κ2) is 11.2. The van der Waals surface area contributed by atoms with Gasteiger partial charge in [-0.05, 0) is 72.6 Å². The number of rotatable bonds is 10. The van der Waals surface area contributed by atoms with E-state index in [1.165, 1.54) is 0 Å². The van der Waals surface area contributed by atoms with E-state index in [2.05, 4.69) is 10.6 Å². The van der Waals surface area contributed by atoms with Crippen LogP contribution in [0.4, 0.5) is 0 Å². The summed E-state index contributed by atoms with van der Waals surface area (Å²) >= 11 is 5.37. The molecule has 0 heterocycles. The second-order valence-corrected chi connectivity index (χ2v) is 6.45. The molecule has 7 heteroatoms. The molecule has 0 saturated heterocycles. The van der Waals surface area contributed by atoms with Gasteiger partial charge in [0.25, 0.3) is 0 Å². The quantitative estimate of drug-likeness (QED) is 0.591. The van der Waals surface area contributed by atoms with E-state index in [1.807, 2.05) is 36.4 Å². The zero-order valence-electron chi connectivity index (χ0n) is 16.8. The van der Waals surface area contributed by atoms with Crippen molar-refractivity contribution >= 4 is 17.3 Å². The third kappa shape index (κ3) is 6.20. The van der Waals surface area contributed by atoms with Crippen molar-refractivity contribution in [1.82, 2.24) is 10.6 Å². The van der Waals surface area contributed by atoms with Crippen LogP contribution in [0.15, 0.2) is 36.4 Å². The summed E-state index contributed by atoms with van der Waals surface area (Å²) in [6, 6.07) is 11.5. The van der Waals surface area contributed by atoms with Gasteiger partial charge in [0.05, 0.1) is 28.4 Å². The fraction of sp³-hybridized carbons (Fsp3) is 0.381. The lowest BCUT2D eigenvalue weighted by Gasteiger charge is -2.14. The predicted octanol–water partition coefficient (Wildman–Crippen LogP) is 2.97. The first kappa shape index (κ1) is 21.6.